The van der Waals surface area contributed by atoms with Crippen molar-refractivity contribution in [2.75, 3.05) is 5.32 Å². The number of carbonyl (C=O) groups is 1. The van der Waals surface area contributed by atoms with E-state index in [-0.39, 0.29) is 22.2 Å². The Hall–Kier alpha value is -2.97. The van der Waals surface area contributed by atoms with Crippen molar-refractivity contribution in [1.29, 1.82) is 5.26 Å². The Kier molecular flexibility index (Phi) is 7.59. The van der Waals surface area contributed by atoms with Crippen molar-refractivity contribution in [3.05, 3.63) is 98.0 Å². The molecule has 3 aromatic carbocycles. The molecule has 7 heteroatoms. The largest absolute Gasteiger partial charge is 0.486 e. The van der Waals surface area contributed by atoms with E-state index >= 15 is 0 Å². The highest BCUT2D eigenvalue weighted by Crippen LogP contribution is 2.35. The molecule has 31 heavy (non-hydrogen) atoms. The second kappa shape index (κ2) is 10.4. The number of hydrogen-bond acceptors (Lipinski definition) is 3. The fraction of sp³-hybridized carbons (Fsp3) is 0.0833. The Labute approximate surface area is 195 Å². The molecular formula is C24H17Cl3N2O2. The smallest absolute Gasteiger partial charge is 0.266 e. The number of aryl methyl sites for hydroxylation is 1. The van der Waals surface area contributed by atoms with E-state index in [1.165, 1.54) is 6.08 Å². The van der Waals surface area contributed by atoms with E-state index in [2.05, 4.69) is 5.32 Å². The average molecular weight is 472 g/mol. The summed E-state index contributed by atoms with van der Waals surface area (Å²) < 4.78 is 5.75. The zero-order valence-electron chi connectivity index (χ0n) is 16.5. The zero-order valence-corrected chi connectivity index (χ0v) is 18.7. The molecule has 0 spiro atoms. The topological polar surface area (TPSA) is 62.1 Å². The number of hydrogen-bond donors (Lipinski definition) is 1. The van der Waals surface area contributed by atoms with Crippen LogP contribution in [-0.2, 0) is 11.4 Å². The molecule has 0 bridgehead atoms. The normalized spacial score (nSPS) is 11.0. The number of para-hydroxylation sites is 1. The van der Waals surface area contributed by atoms with Gasteiger partial charge in [-0.1, -0.05) is 65.1 Å². The number of halogens is 3. The second-order valence-electron chi connectivity index (χ2n) is 6.67. The number of carbonyl (C=O) groups excluding carboxylic acids is 1. The van der Waals surface area contributed by atoms with Crippen molar-refractivity contribution in [3.63, 3.8) is 0 Å². The molecule has 0 aliphatic rings. The van der Waals surface area contributed by atoms with Gasteiger partial charge in [0.1, 0.15) is 18.2 Å². The standard InChI is InChI=1S/C24H17Cl3N2O2/c1-15-4-2-3-5-22(15)29-24(30)18(13-28)10-17-11-20(26)23(21(27)12-17)31-14-16-6-8-19(25)9-7-16/h2-12H,14H2,1H3,(H,29,30)/b18-10-. The number of ether oxygens (including phenoxy) is 1. The highest BCUT2D eigenvalue weighted by Gasteiger charge is 2.14. The Morgan fingerprint density at radius 2 is 1.71 bits per heavy atom. The lowest BCUT2D eigenvalue weighted by molar-refractivity contribution is -0.112. The van der Waals surface area contributed by atoms with Crippen molar-refractivity contribution in [2.45, 2.75) is 13.5 Å². The highest BCUT2D eigenvalue weighted by molar-refractivity contribution is 6.37. The van der Waals surface area contributed by atoms with E-state index in [1.54, 1.807) is 36.4 Å². The van der Waals surface area contributed by atoms with Gasteiger partial charge in [0.05, 0.1) is 10.0 Å². The molecule has 0 aromatic heterocycles. The van der Waals surface area contributed by atoms with Gasteiger partial charge < -0.3 is 10.1 Å². The lowest BCUT2D eigenvalue weighted by Gasteiger charge is -2.11. The number of anilines is 1. The highest BCUT2D eigenvalue weighted by atomic mass is 35.5. The van der Waals surface area contributed by atoms with E-state index in [9.17, 15) is 10.1 Å². The maximum absolute atomic E-state index is 12.5. The third-order valence-electron chi connectivity index (χ3n) is 4.39. The summed E-state index contributed by atoms with van der Waals surface area (Å²) in [7, 11) is 0. The maximum atomic E-state index is 12.5. The molecule has 1 amide bonds. The number of benzene rings is 3. The SMILES string of the molecule is Cc1ccccc1NC(=O)/C(C#N)=C\c1cc(Cl)c(OCc2ccc(Cl)cc2)c(Cl)c1. The van der Waals surface area contributed by atoms with Gasteiger partial charge in [0, 0.05) is 10.7 Å². The van der Waals surface area contributed by atoms with Crippen LogP contribution in [0.1, 0.15) is 16.7 Å². The van der Waals surface area contributed by atoms with Crippen LogP contribution in [0, 0.1) is 18.3 Å². The van der Waals surface area contributed by atoms with Crippen molar-refractivity contribution in [1.82, 2.24) is 0 Å². The molecule has 0 aliphatic heterocycles. The van der Waals surface area contributed by atoms with Gasteiger partial charge in [0.2, 0.25) is 0 Å². The maximum Gasteiger partial charge on any atom is 0.266 e. The summed E-state index contributed by atoms with van der Waals surface area (Å²) in [4.78, 5) is 12.5. The van der Waals surface area contributed by atoms with Crippen LogP contribution in [0.3, 0.4) is 0 Å². The zero-order chi connectivity index (χ0) is 22.4. The van der Waals surface area contributed by atoms with Crippen LogP contribution in [0.25, 0.3) is 6.08 Å². The minimum Gasteiger partial charge on any atom is -0.486 e. The predicted octanol–water partition coefficient (Wildman–Crippen LogP) is 7.08. The number of nitrogens with zero attached hydrogens (tertiary/aromatic N) is 1. The van der Waals surface area contributed by atoms with Gasteiger partial charge >= 0.3 is 0 Å². The molecule has 0 heterocycles. The van der Waals surface area contributed by atoms with Crippen LogP contribution in [-0.4, -0.2) is 5.91 Å². The summed E-state index contributed by atoms with van der Waals surface area (Å²) in [5.41, 5.74) is 2.85. The average Bonchev–Trinajstić information content (AvgIpc) is 2.74. The molecule has 4 nitrogen and oxygen atoms in total. The summed E-state index contributed by atoms with van der Waals surface area (Å²) in [6.07, 6.45) is 1.42. The molecule has 156 valence electrons. The van der Waals surface area contributed by atoms with Gasteiger partial charge in [0.25, 0.3) is 5.91 Å². The molecule has 3 aromatic rings. The lowest BCUT2D eigenvalue weighted by atomic mass is 10.1. The van der Waals surface area contributed by atoms with Crippen molar-refractivity contribution in [2.24, 2.45) is 0 Å². The van der Waals surface area contributed by atoms with Gasteiger partial charge in [-0.3, -0.25) is 4.79 Å². The van der Waals surface area contributed by atoms with E-state index < -0.39 is 5.91 Å². The van der Waals surface area contributed by atoms with E-state index in [0.717, 1.165) is 11.1 Å². The Balaban J connectivity index is 1.78. The van der Waals surface area contributed by atoms with Crippen molar-refractivity contribution in [3.8, 4) is 11.8 Å². The summed E-state index contributed by atoms with van der Waals surface area (Å²) in [6, 6.07) is 19.6. The predicted molar refractivity (Wildman–Crippen MR) is 126 cm³/mol. The lowest BCUT2D eigenvalue weighted by Crippen LogP contribution is -2.14. The van der Waals surface area contributed by atoms with E-state index in [0.29, 0.717) is 22.0 Å². The molecule has 1 N–H and O–H groups in total. The third kappa shape index (κ3) is 6.02. The third-order valence-corrected chi connectivity index (χ3v) is 5.20. The number of rotatable bonds is 6. The van der Waals surface area contributed by atoms with Crippen LogP contribution >= 0.6 is 34.8 Å². The van der Waals surface area contributed by atoms with Crippen LogP contribution in [0.2, 0.25) is 15.1 Å². The van der Waals surface area contributed by atoms with Gasteiger partial charge in [-0.05, 0) is 60.0 Å². The number of nitrogens with one attached hydrogen (secondary N) is 1. The molecule has 0 saturated heterocycles. The van der Waals surface area contributed by atoms with E-state index in [4.69, 9.17) is 39.5 Å². The van der Waals surface area contributed by atoms with E-state index in [1.807, 2.05) is 37.3 Å². The number of nitriles is 1. The first-order valence-electron chi connectivity index (χ1n) is 9.22. The molecule has 0 fully saturated rings. The summed E-state index contributed by atoms with van der Waals surface area (Å²) in [5.74, 6) is -0.203. The van der Waals surface area contributed by atoms with Gasteiger partial charge in [-0.15, -0.1) is 0 Å². The first-order valence-corrected chi connectivity index (χ1v) is 10.4. The van der Waals surface area contributed by atoms with Crippen LogP contribution in [0.4, 0.5) is 5.69 Å². The molecule has 0 aliphatic carbocycles. The second-order valence-corrected chi connectivity index (χ2v) is 7.92. The molecule has 0 unspecified atom stereocenters. The molecule has 0 radical (unpaired) electrons. The van der Waals surface area contributed by atoms with Crippen molar-refractivity contribution >= 4 is 52.5 Å². The van der Waals surface area contributed by atoms with Crippen LogP contribution < -0.4 is 10.1 Å². The molecule has 0 atom stereocenters. The minimum absolute atomic E-state index is 0.0785. The first kappa shape index (κ1) is 22.7. The summed E-state index contributed by atoms with van der Waals surface area (Å²) in [6.45, 7) is 2.13. The van der Waals surface area contributed by atoms with Gasteiger partial charge in [0.15, 0.2) is 5.75 Å². The fourth-order valence-electron chi connectivity index (χ4n) is 2.75. The Morgan fingerprint density at radius 3 is 2.32 bits per heavy atom. The van der Waals surface area contributed by atoms with Gasteiger partial charge in [-0.2, -0.15) is 5.26 Å². The quantitative estimate of drug-likeness (QED) is 0.308. The van der Waals surface area contributed by atoms with Crippen molar-refractivity contribution < 1.29 is 9.53 Å². The monoisotopic (exact) mass is 470 g/mol. The molecule has 3 rings (SSSR count). The molecule has 0 saturated carbocycles. The van der Waals surface area contributed by atoms with Crippen LogP contribution in [0.5, 0.6) is 5.75 Å². The number of amides is 1. The Bertz CT molecular complexity index is 1160. The molecular weight excluding hydrogens is 455 g/mol. The first-order chi connectivity index (χ1) is 14.9. The minimum atomic E-state index is -0.521. The fourth-order valence-corrected chi connectivity index (χ4v) is 3.49. The Morgan fingerprint density at radius 1 is 1.06 bits per heavy atom. The van der Waals surface area contributed by atoms with Gasteiger partial charge in [-0.25, -0.2) is 0 Å². The van der Waals surface area contributed by atoms with Crippen LogP contribution in [0.15, 0.2) is 66.2 Å². The summed E-state index contributed by atoms with van der Waals surface area (Å²) in [5, 5.41) is 13.4. The summed E-state index contributed by atoms with van der Waals surface area (Å²) >= 11 is 18.6.